The third-order valence-corrected chi connectivity index (χ3v) is 3.36. The van der Waals surface area contributed by atoms with Crippen molar-refractivity contribution in [2.45, 2.75) is 0 Å². The first-order valence-electron chi connectivity index (χ1n) is 10.7. The van der Waals surface area contributed by atoms with Gasteiger partial charge in [-0.25, -0.2) is 26.3 Å². The summed E-state index contributed by atoms with van der Waals surface area (Å²) >= 11 is 0. The molecule has 38 heavy (non-hydrogen) atoms. The van der Waals surface area contributed by atoms with Crippen LogP contribution in [0.3, 0.4) is 0 Å². The molecule has 0 saturated carbocycles. The predicted octanol–water partition coefficient (Wildman–Crippen LogP) is 10.8. The van der Waals surface area contributed by atoms with Crippen molar-refractivity contribution in [2.75, 3.05) is 0 Å². The van der Waals surface area contributed by atoms with Gasteiger partial charge in [0.2, 0.25) is 0 Å². The van der Waals surface area contributed by atoms with Crippen molar-refractivity contribution in [1.29, 1.82) is 0 Å². The molecule has 0 atom stereocenters. The second-order valence-corrected chi connectivity index (χ2v) is 5.88. The molecule has 0 unspecified atom stereocenters. The molecule has 0 aliphatic heterocycles. The highest BCUT2D eigenvalue weighted by molar-refractivity contribution is 5.47. The molecule has 0 N–H and O–H groups in total. The molecule has 202 valence electrons. The van der Waals surface area contributed by atoms with Crippen LogP contribution < -0.4 is 0 Å². The van der Waals surface area contributed by atoms with Gasteiger partial charge in [0, 0.05) is 12.1 Å². The molecule has 0 bridgehead atoms. The van der Waals surface area contributed by atoms with Crippen LogP contribution in [0.5, 0.6) is 0 Å². The van der Waals surface area contributed by atoms with Crippen LogP contribution in [0.4, 0.5) is 26.3 Å². The minimum absolute atomic E-state index is 0.178. The van der Waals surface area contributed by atoms with Crippen LogP contribution in [0.15, 0.2) is 155 Å². The summed E-state index contributed by atoms with van der Waals surface area (Å²) < 4.78 is 71.1. The molecule has 0 aliphatic carbocycles. The van der Waals surface area contributed by atoms with E-state index in [9.17, 15) is 26.3 Å². The molecule has 0 radical (unpaired) electrons. The number of halogens is 6. The molecule has 0 spiro atoms. The van der Waals surface area contributed by atoms with Crippen LogP contribution in [0, 0.1) is 29.1 Å². The van der Waals surface area contributed by atoms with Gasteiger partial charge in [-0.15, -0.1) is 39.5 Å². The minimum atomic E-state index is -0.537. The summed E-state index contributed by atoms with van der Waals surface area (Å²) in [6.07, 6.45) is 1.95. The third kappa shape index (κ3) is 24.5. The maximum atomic E-state index is 11.9. The predicted molar refractivity (Wildman–Crippen MR) is 149 cm³/mol. The van der Waals surface area contributed by atoms with Crippen LogP contribution in [0.2, 0.25) is 0 Å². The van der Waals surface area contributed by atoms with E-state index < -0.39 is 23.3 Å². The molecule has 4 rings (SSSR count). The lowest BCUT2D eigenvalue weighted by atomic mass is 10.2. The van der Waals surface area contributed by atoms with E-state index >= 15 is 0 Å². The number of rotatable bonds is 1. The molecule has 0 amide bonds. The van der Waals surface area contributed by atoms with E-state index in [1.54, 1.807) is 18.2 Å². The molecule has 0 fully saturated rings. The third-order valence-electron chi connectivity index (χ3n) is 3.36. The second-order valence-electron chi connectivity index (χ2n) is 5.88. The van der Waals surface area contributed by atoms with Crippen molar-refractivity contribution in [3.8, 4) is 0 Å². The summed E-state index contributed by atoms with van der Waals surface area (Å²) in [6.45, 7) is 18.0. The Labute approximate surface area is 222 Å². The molecule has 6 heteroatoms. The fourth-order valence-electron chi connectivity index (χ4n) is 1.97. The van der Waals surface area contributed by atoms with Crippen LogP contribution in [-0.4, -0.2) is 0 Å². The van der Waals surface area contributed by atoms with E-state index in [1.807, 2.05) is 30.3 Å². The summed E-state index contributed by atoms with van der Waals surface area (Å²) in [7, 11) is 0. The Hall–Kier alpha value is -4.58. The highest BCUT2D eigenvalue weighted by Crippen LogP contribution is 2.01. The molecule has 0 heterocycles. The maximum absolute atomic E-state index is 11.9. The average Bonchev–Trinajstić information content (AvgIpc) is 2.94. The molecular weight excluding hydrogens is 498 g/mol. The molecular formula is C32H32F6. The number of hydrogen-bond donors (Lipinski definition) is 0. The molecule has 0 aromatic heterocycles. The molecule has 0 aliphatic rings. The highest BCUT2D eigenvalue weighted by Gasteiger charge is 1.89. The van der Waals surface area contributed by atoms with Crippen molar-refractivity contribution in [2.24, 2.45) is 0 Å². The molecule has 0 nitrogen and oxygen atoms in total. The summed E-state index contributed by atoms with van der Waals surface area (Å²) in [6, 6.07) is 26.4. The van der Waals surface area contributed by atoms with Crippen molar-refractivity contribution in [3.63, 3.8) is 0 Å². The Morgan fingerprint density at radius 1 is 0.395 bits per heavy atom. The lowest BCUT2D eigenvalue weighted by Gasteiger charge is -1.85. The highest BCUT2D eigenvalue weighted by atomic mass is 19.2. The molecule has 0 saturated heterocycles. The van der Waals surface area contributed by atoms with Crippen LogP contribution in [0.1, 0.15) is 5.56 Å². The van der Waals surface area contributed by atoms with Gasteiger partial charge in [0.1, 0.15) is 29.1 Å². The average molecular weight is 531 g/mol. The maximum Gasteiger partial charge on any atom is 0.126 e. The van der Waals surface area contributed by atoms with E-state index in [-0.39, 0.29) is 5.82 Å². The van der Waals surface area contributed by atoms with Gasteiger partial charge in [0.15, 0.2) is 0 Å². The largest absolute Gasteiger partial charge is 0.216 e. The summed E-state index contributed by atoms with van der Waals surface area (Å²) in [5, 5.41) is 0. The van der Waals surface area contributed by atoms with Gasteiger partial charge < -0.3 is 0 Å². The van der Waals surface area contributed by atoms with Crippen molar-refractivity contribution < 1.29 is 26.3 Å². The lowest BCUT2D eigenvalue weighted by Crippen LogP contribution is -1.73. The molecule has 4 aromatic carbocycles. The monoisotopic (exact) mass is 530 g/mol. The van der Waals surface area contributed by atoms with Gasteiger partial charge in [-0.05, 0) is 48.0 Å². The zero-order valence-electron chi connectivity index (χ0n) is 21.1. The lowest BCUT2D eigenvalue weighted by molar-refractivity contribution is 0.582. The number of hydrogen-bond acceptors (Lipinski definition) is 0. The van der Waals surface area contributed by atoms with Crippen molar-refractivity contribution in [1.82, 2.24) is 0 Å². The topological polar surface area (TPSA) is 0 Å². The second kappa shape index (κ2) is 28.7. The van der Waals surface area contributed by atoms with Gasteiger partial charge in [-0.3, -0.25) is 0 Å². The quantitative estimate of drug-likeness (QED) is 0.170. The first-order chi connectivity index (χ1) is 18.4. The molecule has 4 aromatic rings. The normalized spacial score (nSPS) is 8.26. The van der Waals surface area contributed by atoms with Gasteiger partial charge in [0.05, 0.1) is 6.33 Å². The Kier molecular flexibility index (Phi) is 28.6. The Morgan fingerprint density at radius 2 is 0.684 bits per heavy atom. The van der Waals surface area contributed by atoms with Crippen molar-refractivity contribution in [3.05, 3.63) is 190 Å². The summed E-state index contributed by atoms with van der Waals surface area (Å²) in [4.78, 5) is 0. The fourth-order valence-corrected chi connectivity index (χ4v) is 1.97. The van der Waals surface area contributed by atoms with E-state index in [2.05, 4.69) is 39.5 Å². The SMILES string of the molecule is C=C.C=C.C=C.FC=Cc1ccccc1.Fc1cccc(F)c1.Fc1cccc(F)c1.Fc1ccccc1. The zero-order chi connectivity index (χ0) is 29.6. The number of benzene rings is 4. The van der Waals surface area contributed by atoms with Crippen molar-refractivity contribution >= 4 is 6.08 Å². The van der Waals surface area contributed by atoms with E-state index in [1.165, 1.54) is 54.6 Å². The fraction of sp³-hybridized carbons (Fsp3) is 0. The van der Waals surface area contributed by atoms with Gasteiger partial charge in [-0.1, -0.05) is 60.7 Å². The minimum Gasteiger partial charge on any atom is -0.216 e. The van der Waals surface area contributed by atoms with Crippen LogP contribution in [0.25, 0.3) is 6.08 Å². The first-order valence-corrected chi connectivity index (χ1v) is 10.7. The zero-order valence-corrected chi connectivity index (χ0v) is 21.1. The van der Waals surface area contributed by atoms with E-state index in [4.69, 9.17) is 0 Å². The van der Waals surface area contributed by atoms with Gasteiger partial charge >= 0.3 is 0 Å². The first kappa shape index (κ1) is 38.0. The van der Waals surface area contributed by atoms with E-state index in [0.29, 0.717) is 6.33 Å². The van der Waals surface area contributed by atoms with Crippen LogP contribution in [-0.2, 0) is 0 Å². The Balaban J connectivity index is -0.000000403. The van der Waals surface area contributed by atoms with Gasteiger partial charge in [0.25, 0.3) is 0 Å². The van der Waals surface area contributed by atoms with Gasteiger partial charge in [-0.2, -0.15) is 0 Å². The Bertz CT molecular complexity index is 1000. The summed E-state index contributed by atoms with van der Waals surface area (Å²) in [5.41, 5.74) is 0.889. The van der Waals surface area contributed by atoms with Crippen LogP contribution >= 0.6 is 0 Å². The van der Waals surface area contributed by atoms with E-state index in [0.717, 1.165) is 17.7 Å². The summed E-state index contributed by atoms with van der Waals surface area (Å²) in [5.74, 6) is -2.33. The standard InChI is InChI=1S/C8H7F.2C6H4F2.C6H5F.3C2H4/c9-7-6-8-4-2-1-3-5-8;2*7-5-2-1-3-6(8)4-5;7-6-4-2-1-3-5-6;3*1-2/h1-7H;2*1-4H;1-5H;3*1-2H2. The smallest absolute Gasteiger partial charge is 0.126 e. The Morgan fingerprint density at radius 3 is 0.895 bits per heavy atom.